The van der Waals surface area contributed by atoms with E-state index in [1.54, 1.807) is 13.3 Å². The molecule has 1 aromatic rings. The molecule has 0 amide bonds. The first kappa shape index (κ1) is 11.9. The quantitative estimate of drug-likeness (QED) is 0.876. The lowest BCUT2D eigenvalue weighted by Gasteiger charge is -2.24. The van der Waals surface area contributed by atoms with Crippen LogP contribution in [0.2, 0.25) is 0 Å². The number of hydrogen-bond donors (Lipinski definition) is 1. The molecule has 0 saturated carbocycles. The normalized spacial score (nSPS) is 28.1. The number of pyridine rings is 1. The minimum atomic E-state index is 0.681. The number of fused-ring (bicyclic) bond motifs is 2. The fourth-order valence-electron chi connectivity index (χ4n) is 3.13. The molecule has 4 heteroatoms. The Morgan fingerprint density at radius 3 is 3.17 bits per heavy atom. The Kier molecular flexibility index (Phi) is 3.48. The number of likely N-dealkylation sites (tertiary alicyclic amines) is 1. The van der Waals surface area contributed by atoms with Crippen molar-refractivity contribution in [3.63, 3.8) is 0 Å². The second kappa shape index (κ2) is 5.24. The summed E-state index contributed by atoms with van der Waals surface area (Å²) in [6.45, 7) is 3.27. The van der Waals surface area contributed by atoms with Crippen molar-refractivity contribution >= 4 is 0 Å². The molecule has 2 aliphatic heterocycles. The van der Waals surface area contributed by atoms with Gasteiger partial charge in [-0.2, -0.15) is 0 Å². The van der Waals surface area contributed by atoms with Crippen LogP contribution < -0.4 is 10.1 Å². The molecule has 0 aromatic carbocycles. The molecular formula is C14H21N3O. The highest BCUT2D eigenvalue weighted by Crippen LogP contribution is 2.23. The molecule has 2 unspecified atom stereocenters. The zero-order valence-corrected chi connectivity index (χ0v) is 10.9. The minimum Gasteiger partial charge on any atom is -0.481 e. The van der Waals surface area contributed by atoms with Crippen molar-refractivity contribution in [3.05, 3.63) is 23.9 Å². The second-order valence-electron chi connectivity index (χ2n) is 5.33. The molecule has 2 fully saturated rings. The zero-order valence-electron chi connectivity index (χ0n) is 10.9. The van der Waals surface area contributed by atoms with E-state index in [9.17, 15) is 0 Å². The third kappa shape index (κ3) is 2.49. The molecule has 3 rings (SSSR count). The molecule has 0 spiro atoms. The van der Waals surface area contributed by atoms with E-state index in [1.165, 1.54) is 31.4 Å². The van der Waals surface area contributed by atoms with Crippen LogP contribution in [-0.4, -0.2) is 42.2 Å². The maximum Gasteiger partial charge on any atom is 0.217 e. The van der Waals surface area contributed by atoms with Gasteiger partial charge in [0.25, 0.3) is 0 Å². The van der Waals surface area contributed by atoms with E-state index in [4.69, 9.17) is 4.74 Å². The molecule has 0 radical (unpaired) electrons. The van der Waals surface area contributed by atoms with E-state index in [-0.39, 0.29) is 0 Å². The SMILES string of the molecule is COc1ncccc1CN1CCC2CCC(C1)N2. The van der Waals surface area contributed by atoms with Crippen molar-refractivity contribution in [2.24, 2.45) is 0 Å². The standard InChI is InChI=1S/C14H21N3O/c1-18-14-11(3-2-7-15-14)9-17-8-6-12-4-5-13(10-17)16-12/h2-3,7,12-13,16H,4-6,8-10H2,1H3. The maximum absolute atomic E-state index is 5.33. The highest BCUT2D eigenvalue weighted by molar-refractivity contribution is 5.25. The summed E-state index contributed by atoms with van der Waals surface area (Å²) in [5, 5.41) is 3.71. The fraction of sp³-hybridized carbons (Fsp3) is 0.643. The van der Waals surface area contributed by atoms with Crippen LogP contribution >= 0.6 is 0 Å². The van der Waals surface area contributed by atoms with E-state index < -0.39 is 0 Å². The molecule has 4 nitrogen and oxygen atoms in total. The van der Waals surface area contributed by atoms with Crippen LogP contribution in [0.4, 0.5) is 0 Å². The van der Waals surface area contributed by atoms with Crippen LogP contribution in [0, 0.1) is 0 Å². The largest absolute Gasteiger partial charge is 0.481 e. The summed E-state index contributed by atoms with van der Waals surface area (Å²) >= 11 is 0. The number of methoxy groups -OCH3 is 1. The lowest BCUT2D eigenvalue weighted by molar-refractivity contribution is 0.246. The van der Waals surface area contributed by atoms with Gasteiger partial charge in [-0.3, -0.25) is 4.90 Å². The topological polar surface area (TPSA) is 37.4 Å². The monoisotopic (exact) mass is 247 g/mol. The molecule has 2 atom stereocenters. The Bertz CT molecular complexity index is 410. The van der Waals surface area contributed by atoms with Crippen molar-refractivity contribution < 1.29 is 4.74 Å². The van der Waals surface area contributed by atoms with Crippen molar-refractivity contribution in [2.75, 3.05) is 20.2 Å². The van der Waals surface area contributed by atoms with Gasteiger partial charge in [-0.25, -0.2) is 4.98 Å². The number of aromatic nitrogens is 1. The molecule has 2 aliphatic rings. The molecule has 2 saturated heterocycles. The van der Waals surface area contributed by atoms with Crippen LogP contribution in [0.25, 0.3) is 0 Å². The highest BCUT2D eigenvalue weighted by Gasteiger charge is 2.29. The van der Waals surface area contributed by atoms with Crippen LogP contribution in [0.1, 0.15) is 24.8 Å². The number of hydrogen-bond acceptors (Lipinski definition) is 4. The first-order valence-electron chi connectivity index (χ1n) is 6.81. The van der Waals surface area contributed by atoms with Gasteiger partial charge in [-0.05, 0) is 25.3 Å². The van der Waals surface area contributed by atoms with Crippen molar-refractivity contribution in [1.29, 1.82) is 0 Å². The Hall–Kier alpha value is -1.13. The van der Waals surface area contributed by atoms with Gasteiger partial charge in [0.15, 0.2) is 0 Å². The van der Waals surface area contributed by atoms with Gasteiger partial charge in [0, 0.05) is 43.5 Å². The third-order valence-electron chi connectivity index (χ3n) is 4.04. The van der Waals surface area contributed by atoms with Crippen molar-refractivity contribution in [3.8, 4) is 5.88 Å². The van der Waals surface area contributed by atoms with Gasteiger partial charge in [0.05, 0.1) is 7.11 Å². The van der Waals surface area contributed by atoms with Crippen molar-refractivity contribution in [2.45, 2.75) is 37.9 Å². The van der Waals surface area contributed by atoms with E-state index in [0.29, 0.717) is 6.04 Å². The molecule has 18 heavy (non-hydrogen) atoms. The van der Waals surface area contributed by atoms with E-state index in [1.807, 2.05) is 6.07 Å². The second-order valence-corrected chi connectivity index (χ2v) is 5.33. The molecule has 1 N–H and O–H groups in total. The minimum absolute atomic E-state index is 0.681. The summed E-state index contributed by atoms with van der Waals surface area (Å²) in [6, 6.07) is 5.53. The Balaban J connectivity index is 1.68. The maximum atomic E-state index is 5.33. The van der Waals surface area contributed by atoms with Gasteiger partial charge in [0.2, 0.25) is 5.88 Å². The molecule has 2 bridgehead atoms. The molecular weight excluding hydrogens is 226 g/mol. The van der Waals surface area contributed by atoms with Crippen LogP contribution in [0.15, 0.2) is 18.3 Å². The summed E-state index contributed by atoms with van der Waals surface area (Å²) in [5.41, 5.74) is 1.19. The number of ether oxygens (including phenoxy) is 1. The third-order valence-corrected chi connectivity index (χ3v) is 4.04. The number of rotatable bonds is 3. The number of nitrogens with zero attached hydrogens (tertiary/aromatic N) is 2. The van der Waals surface area contributed by atoms with Gasteiger partial charge >= 0.3 is 0 Å². The lowest BCUT2D eigenvalue weighted by atomic mass is 10.1. The Morgan fingerprint density at radius 2 is 2.28 bits per heavy atom. The predicted molar refractivity (Wildman–Crippen MR) is 70.6 cm³/mol. The number of nitrogens with one attached hydrogen (secondary N) is 1. The Labute approximate surface area is 108 Å². The van der Waals surface area contributed by atoms with Crippen LogP contribution in [0.5, 0.6) is 5.88 Å². The fourth-order valence-corrected chi connectivity index (χ4v) is 3.13. The lowest BCUT2D eigenvalue weighted by Crippen LogP contribution is -2.35. The molecule has 98 valence electrons. The molecule has 1 aromatic heterocycles. The van der Waals surface area contributed by atoms with Gasteiger partial charge in [-0.15, -0.1) is 0 Å². The Morgan fingerprint density at radius 1 is 1.39 bits per heavy atom. The van der Waals surface area contributed by atoms with Gasteiger partial charge in [-0.1, -0.05) is 6.07 Å². The van der Waals surface area contributed by atoms with E-state index >= 15 is 0 Å². The summed E-state index contributed by atoms with van der Waals surface area (Å²) in [5.74, 6) is 0.764. The average Bonchev–Trinajstić information content (AvgIpc) is 2.73. The summed E-state index contributed by atoms with van der Waals surface area (Å²) in [6.07, 6.45) is 5.73. The first-order chi connectivity index (χ1) is 8.85. The smallest absolute Gasteiger partial charge is 0.217 e. The van der Waals surface area contributed by atoms with Crippen molar-refractivity contribution in [1.82, 2.24) is 15.2 Å². The molecule has 3 heterocycles. The van der Waals surface area contributed by atoms with Gasteiger partial charge in [0.1, 0.15) is 0 Å². The average molecular weight is 247 g/mol. The predicted octanol–water partition coefficient (Wildman–Crippen LogP) is 1.42. The zero-order chi connectivity index (χ0) is 12.4. The summed E-state index contributed by atoms with van der Waals surface area (Å²) < 4.78 is 5.33. The highest BCUT2D eigenvalue weighted by atomic mass is 16.5. The summed E-state index contributed by atoms with van der Waals surface area (Å²) in [7, 11) is 1.69. The summed E-state index contributed by atoms with van der Waals surface area (Å²) in [4.78, 5) is 6.79. The van der Waals surface area contributed by atoms with E-state index in [2.05, 4.69) is 21.3 Å². The molecule has 0 aliphatic carbocycles. The van der Waals surface area contributed by atoms with E-state index in [0.717, 1.165) is 25.0 Å². The first-order valence-corrected chi connectivity index (χ1v) is 6.81. The van der Waals surface area contributed by atoms with Gasteiger partial charge < -0.3 is 10.1 Å². The van der Waals surface area contributed by atoms with Crippen LogP contribution in [0.3, 0.4) is 0 Å². The van der Waals surface area contributed by atoms with Crippen LogP contribution in [-0.2, 0) is 6.54 Å².